The second-order valence-electron chi connectivity index (χ2n) is 4.25. The van der Waals surface area contributed by atoms with Crippen molar-refractivity contribution in [1.82, 2.24) is 0 Å². The van der Waals surface area contributed by atoms with Crippen LogP contribution < -0.4 is 0 Å². The van der Waals surface area contributed by atoms with Crippen molar-refractivity contribution >= 4 is 0 Å². The Kier molecular flexibility index (Phi) is 3.52. The normalized spacial score (nSPS) is 18.0. The number of ether oxygens (including phenoxy) is 1. The van der Waals surface area contributed by atoms with Crippen LogP contribution in [0.1, 0.15) is 41.0 Å². The van der Waals surface area contributed by atoms with E-state index in [0.29, 0.717) is 6.61 Å². The van der Waals surface area contributed by atoms with Gasteiger partial charge in [-0.05, 0) is 34.1 Å². The van der Waals surface area contributed by atoms with Crippen molar-refractivity contribution in [3.05, 3.63) is 0 Å². The minimum atomic E-state index is -0.673. The van der Waals surface area contributed by atoms with E-state index in [0.717, 1.165) is 6.42 Å². The monoisotopic (exact) mass is 160 g/mol. The summed E-state index contributed by atoms with van der Waals surface area (Å²) in [6, 6.07) is 0. The molecule has 0 fully saturated rings. The third kappa shape index (κ3) is 6.32. The summed E-state index contributed by atoms with van der Waals surface area (Å²) in [5.74, 6) is 0. The van der Waals surface area contributed by atoms with E-state index in [4.69, 9.17) is 4.74 Å². The van der Waals surface area contributed by atoms with Crippen molar-refractivity contribution in [3.8, 4) is 0 Å². The zero-order chi connectivity index (χ0) is 9.12. The van der Waals surface area contributed by atoms with Gasteiger partial charge < -0.3 is 9.84 Å². The molecule has 0 aromatic rings. The Hall–Kier alpha value is -0.0800. The van der Waals surface area contributed by atoms with Crippen LogP contribution in [-0.2, 0) is 4.74 Å². The van der Waals surface area contributed by atoms with E-state index >= 15 is 0 Å². The SMILES string of the molecule is CC[C@@](C)(O)COC(C)(C)C. The molecule has 11 heavy (non-hydrogen) atoms. The maximum atomic E-state index is 9.56. The average Bonchev–Trinajstić information content (AvgIpc) is 1.83. The molecule has 0 aromatic heterocycles. The Morgan fingerprint density at radius 3 is 1.91 bits per heavy atom. The lowest BCUT2D eigenvalue weighted by Gasteiger charge is -2.27. The maximum Gasteiger partial charge on any atom is 0.0849 e. The summed E-state index contributed by atoms with van der Waals surface area (Å²) in [6.07, 6.45) is 0.725. The van der Waals surface area contributed by atoms with Gasteiger partial charge in [0.1, 0.15) is 0 Å². The Morgan fingerprint density at radius 2 is 1.64 bits per heavy atom. The van der Waals surface area contributed by atoms with Gasteiger partial charge in [0, 0.05) is 0 Å². The highest BCUT2D eigenvalue weighted by Gasteiger charge is 2.21. The quantitative estimate of drug-likeness (QED) is 0.684. The lowest BCUT2D eigenvalue weighted by molar-refractivity contribution is -0.0919. The molecular weight excluding hydrogens is 140 g/mol. The van der Waals surface area contributed by atoms with Gasteiger partial charge in [0.2, 0.25) is 0 Å². The molecule has 0 radical (unpaired) electrons. The summed E-state index contributed by atoms with van der Waals surface area (Å²) in [5.41, 5.74) is -0.827. The molecule has 0 saturated carbocycles. The predicted octanol–water partition coefficient (Wildman–Crippen LogP) is 1.96. The molecular formula is C9H20O2. The molecule has 0 saturated heterocycles. The molecule has 0 aliphatic rings. The first-order chi connectivity index (χ1) is 4.77. The molecule has 0 unspecified atom stereocenters. The Balaban J connectivity index is 3.70. The van der Waals surface area contributed by atoms with Crippen LogP contribution in [0, 0.1) is 0 Å². The van der Waals surface area contributed by atoms with E-state index in [9.17, 15) is 5.11 Å². The second-order valence-corrected chi connectivity index (χ2v) is 4.25. The van der Waals surface area contributed by atoms with Gasteiger partial charge in [0.25, 0.3) is 0 Å². The van der Waals surface area contributed by atoms with E-state index in [2.05, 4.69) is 0 Å². The van der Waals surface area contributed by atoms with Crippen LogP contribution in [0.4, 0.5) is 0 Å². The summed E-state index contributed by atoms with van der Waals surface area (Å²) in [4.78, 5) is 0. The third-order valence-corrected chi connectivity index (χ3v) is 1.58. The molecule has 0 rings (SSSR count). The van der Waals surface area contributed by atoms with Gasteiger partial charge in [0.05, 0.1) is 17.8 Å². The molecule has 2 nitrogen and oxygen atoms in total. The maximum absolute atomic E-state index is 9.56. The summed E-state index contributed by atoms with van der Waals surface area (Å²) in [6.45, 7) is 10.1. The second kappa shape index (κ2) is 3.55. The van der Waals surface area contributed by atoms with Crippen molar-refractivity contribution in [3.63, 3.8) is 0 Å². The average molecular weight is 160 g/mol. The van der Waals surface area contributed by atoms with Crippen molar-refractivity contribution in [2.75, 3.05) is 6.61 Å². The molecule has 1 atom stereocenters. The molecule has 68 valence electrons. The van der Waals surface area contributed by atoms with E-state index in [1.165, 1.54) is 0 Å². The van der Waals surface area contributed by atoms with Crippen LogP contribution >= 0.6 is 0 Å². The number of rotatable bonds is 3. The van der Waals surface area contributed by atoms with Gasteiger partial charge in [0.15, 0.2) is 0 Å². The zero-order valence-electron chi connectivity index (χ0n) is 8.27. The molecule has 1 N–H and O–H groups in total. The van der Waals surface area contributed by atoms with E-state index in [-0.39, 0.29) is 5.60 Å². The summed E-state index contributed by atoms with van der Waals surface area (Å²) in [5, 5.41) is 9.56. The highest BCUT2D eigenvalue weighted by molar-refractivity contribution is 4.71. The summed E-state index contributed by atoms with van der Waals surface area (Å²) < 4.78 is 5.44. The lowest BCUT2D eigenvalue weighted by atomic mass is 10.1. The Labute approximate surface area is 69.6 Å². The van der Waals surface area contributed by atoms with Crippen LogP contribution in [0.15, 0.2) is 0 Å². The standard InChI is InChI=1S/C9H20O2/c1-6-9(5,10)7-11-8(2,3)4/h10H,6-7H2,1-5H3/t9-/m1/s1. The van der Waals surface area contributed by atoms with E-state index in [1.807, 2.05) is 27.7 Å². The van der Waals surface area contributed by atoms with Crippen LogP contribution in [0.25, 0.3) is 0 Å². The first kappa shape index (κ1) is 10.9. The first-order valence-corrected chi connectivity index (χ1v) is 4.13. The van der Waals surface area contributed by atoms with E-state index in [1.54, 1.807) is 6.92 Å². The lowest BCUT2D eigenvalue weighted by Crippen LogP contribution is -2.34. The van der Waals surface area contributed by atoms with Crippen LogP contribution in [0.3, 0.4) is 0 Å². The fraction of sp³-hybridized carbons (Fsp3) is 1.00. The molecule has 0 aliphatic carbocycles. The largest absolute Gasteiger partial charge is 0.388 e. The van der Waals surface area contributed by atoms with Gasteiger partial charge in [-0.2, -0.15) is 0 Å². The zero-order valence-corrected chi connectivity index (χ0v) is 8.27. The molecule has 0 spiro atoms. The highest BCUT2D eigenvalue weighted by Crippen LogP contribution is 2.14. The number of aliphatic hydroxyl groups is 1. The topological polar surface area (TPSA) is 29.5 Å². The number of hydrogen-bond donors (Lipinski definition) is 1. The molecule has 0 aromatic carbocycles. The minimum absolute atomic E-state index is 0.154. The van der Waals surface area contributed by atoms with Crippen LogP contribution in [-0.4, -0.2) is 22.9 Å². The van der Waals surface area contributed by atoms with Crippen LogP contribution in [0.2, 0.25) is 0 Å². The fourth-order valence-corrected chi connectivity index (χ4v) is 0.474. The number of hydrogen-bond acceptors (Lipinski definition) is 2. The Morgan fingerprint density at radius 1 is 1.18 bits per heavy atom. The van der Waals surface area contributed by atoms with Crippen molar-refractivity contribution in [2.24, 2.45) is 0 Å². The highest BCUT2D eigenvalue weighted by atomic mass is 16.5. The van der Waals surface area contributed by atoms with Crippen molar-refractivity contribution in [2.45, 2.75) is 52.2 Å². The molecule has 0 aliphatic heterocycles. The minimum Gasteiger partial charge on any atom is -0.388 e. The van der Waals surface area contributed by atoms with Crippen molar-refractivity contribution in [1.29, 1.82) is 0 Å². The molecule has 0 bridgehead atoms. The summed E-state index contributed by atoms with van der Waals surface area (Å²) >= 11 is 0. The van der Waals surface area contributed by atoms with E-state index < -0.39 is 5.60 Å². The van der Waals surface area contributed by atoms with Crippen LogP contribution in [0.5, 0.6) is 0 Å². The van der Waals surface area contributed by atoms with Gasteiger partial charge >= 0.3 is 0 Å². The molecule has 0 amide bonds. The van der Waals surface area contributed by atoms with Gasteiger partial charge in [-0.25, -0.2) is 0 Å². The summed E-state index contributed by atoms with van der Waals surface area (Å²) in [7, 11) is 0. The van der Waals surface area contributed by atoms with Gasteiger partial charge in [-0.1, -0.05) is 6.92 Å². The van der Waals surface area contributed by atoms with Gasteiger partial charge in [-0.15, -0.1) is 0 Å². The van der Waals surface area contributed by atoms with Crippen molar-refractivity contribution < 1.29 is 9.84 Å². The molecule has 2 heteroatoms. The smallest absolute Gasteiger partial charge is 0.0849 e. The Bertz CT molecular complexity index is 111. The predicted molar refractivity (Wildman–Crippen MR) is 46.6 cm³/mol. The molecule has 0 heterocycles. The third-order valence-electron chi connectivity index (χ3n) is 1.58. The fourth-order valence-electron chi connectivity index (χ4n) is 0.474. The van der Waals surface area contributed by atoms with Gasteiger partial charge in [-0.3, -0.25) is 0 Å². The first-order valence-electron chi connectivity index (χ1n) is 4.13.